The van der Waals surface area contributed by atoms with Crippen LogP contribution < -0.4 is 5.32 Å². The van der Waals surface area contributed by atoms with Crippen molar-refractivity contribution in [2.24, 2.45) is 0 Å². The van der Waals surface area contributed by atoms with E-state index in [1.165, 1.54) is 0 Å². The van der Waals surface area contributed by atoms with Gasteiger partial charge in [0, 0.05) is 29.2 Å². The van der Waals surface area contributed by atoms with Gasteiger partial charge in [0.15, 0.2) is 6.61 Å². The van der Waals surface area contributed by atoms with Crippen LogP contribution >= 0.6 is 0 Å². The molecular formula is C22H18F3N3O5. The van der Waals surface area contributed by atoms with Crippen molar-refractivity contribution in [3.63, 3.8) is 0 Å². The van der Waals surface area contributed by atoms with E-state index < -0.39 is 46.5 Å². The molecular weight excluding hydrogens is 443 g/mol. The van der Waals surface area contributed by atoms with Crippen molar-refractivity contribution in [2.75, 3.05) is 11.9 Å². The van der Waals surface area contributed by atoms with Gasteiger partial charge in [-0.2, -0.15) is 13.2 Å². The number of alkyl halides is 3. The van der Waals surface area contributed by atoms with Gasteiger partial charge in [-0.3, -0.25) is 14.9 Å². The minimum Gasteiger partial charge on any atom is -0.452 e. The Morgan fingerprint density at radius 1 is 1.09 bits per heavy atom. The van der Waals surface area contributed by atoms with E-state index in [0.29, 0.717) is 11.8 Å². The van der Waals surface area contributed by atoms with Crippen LogP contribution in [0.15, 0.2) is 54.6 Å². The molecule has 3 rings (SSSR count). The Morgan fingerprint density at radius 2 is 1.76 bits per heavy atom. The second kappa shape index (κ2) is 9.15. The second-order valence-corrected chi connectivity index (χ2v) is 7.06. The Morgan fingerprint density at radius 3 is 2.36 bits per heavy atom. The number of carbonyl (C=O) groups excluding carboxylic acids is 2. The molecule has 2 aromatic carbocycles. The highest BCUT2D eigenvalue weighted by Gasteiger charge is 2.35. The first-order valence-corrected chi connectivity index (χ1v) is 9.56. The molecule has 1 aromatic heterocycles. The number of ether oxygens (including phenoxy) is 1. The van der Waals surface area contributed by atoms with Gasteiger partial charge >= 0.3 is 12.1 Å². The molecule has 0 bridgehead atoms. The maximum atomic E-state index is 13.2. The van der Waals surface area contributed by atoms with Gasteiger partial charge in [-0.1, -0.05) is 18.2 Å². The molecule has 0 unspecified atom stereocenters. The highest BCUT2D eigenvalue weighted by molar-refractivity contribution is 5.96. The van der Waals surface area contributed by atoms with Gasteiger partial charge < -0.3 is 14.6 Å². The van der Waals surface area contributed by atoms with E-state index in [-0.39, 0.29) is 5.56 Å². The number of aromatic nitrogens is 1. The maximum Gasteiger partial charge on any atom is 0.418 e. The van der Waals surface area contributed by atoms with E-state index in [0.717, 1.165) is 23.5 Å². The van der Waals surface area contributed by atoms with Crippen LogP contribution in [0.3, 0.4) is 0 Å². The standard InChI is InChI=1S/C22H18F3N3O5/c1-13-10-17(14(2)27(13)15-6-4-3-5-7-15)21(30)33-12-20(29)26-19-9-8-16(28(31)32)11-18(19)22(23,24)25/h3-11H,12H2,1-2H3,(H,26,29). The Balaban J connectivity index is 1.73. The Hall–Kier alpha value is -4.15. The summed E-state index contributed by atoms with van der Waals surface area (Å²) in [6.45, 7) is 2.64. The highest BCUT2D eigenvalue weighted by atomic mass is 19.4. The van der Waals surface area contributed by atoms with Crippen LogP contribution in [0.1, 0.15) is 27.3 Å². The van der Waals surface area contributed by atoms with E-state index in [2.05, 4.69) is 0 Å². The number of halogens is 3. The van der Waals surface area contributed by atoms with Crippen molar-refractivity contribution in [1.82, 2.24) is 4.57 Å². The number of aryl methyl sites for hydroxylation is 1. The van der Waals surface area contributed by atoms with Crippen molar-refractivity contribution < 1.29 is 32.4 Å². The molecule has 0 aliphatic carbocycles. The molecule has 3 aromatic rings. The predicted molar refractivity (Wildman–Crippen MR) is 112 cm³/mol. The number of rotatable bonds is 6. The third-order valence-corrected chi connectivity index (χ3v) is 4.79. The van der Waals surface area contributed by atoms with Gasteiger partial charge in [0.05, 0.1) is 21.7 Å². The summed E-state index contributed by atoms with van der Waals surface area (Å²) in [5.41, 5.74) is -0.507. The maximum absolute atomic E-state index is 13.2. The number of esters is 1. The second-order valence-electron chi connectivity index (χ2n) is 7.06. The molecule has 0 radical (unpaired) electrons. The number of hydrogen-bond donors (Lipinski definition) is 1. The largest absolute Gasteiger partial charge is 0.452 e. The molecule has 1 amide bonds. The summed E-state index contributed by atoms with van der Waals surface area (Å²) >= 11 is 0. The lowest BCUT2D eigenvalue weighted by Gasteiger charge is -2.13. The summed E-state index contributed by atoms with van der Waals surface area (Å²) in [4.78, 5) is 34.4. The molecule has 33 heavy (non-hydrogen) atoms. The van der Waals surface area contributed by atoms with Gasteiger partial charge in [0.2, 0.25) is 0 Å². The number of nitrogens with zero attached hydrogens (tertiary/aromatic N) is 2. The number of para-hydroxylation sites is 1. The van der Waals surface area contributed by atoms with Crippen LogP contribution in [0.2, 0.25) is 0 Å². The molecule has 0 saturated heterocycles. The van der Waals surface area contributed by atoms with E-state index in [9.17, 15) is 32.9 Å². The summed E-state index contributed by atoms with van der Waals surface area (Å²) < 4.78 is 46.5. The van der Waals surface area contributed by atoms with Crippen LogP contribution in [0.4, 0.5) is 24.5 Å². The highest BCUT2D eigenvalue weighted by Crippen LogP contribution is 2.37. The third-order valence-electron chi connectivity index (χ3n) is 4.79. The lowest BCUT2D eigenvalue weighted by Crippen LogP contribution is -2.23. The lowest BCUT2D eigenvalue weighted by molar-refractivity contribution is -0.385. The van der Waals surface area contributed by atoms with Crippen LogP contribution in [0.5, 0.6) is 0 Å². The topological polar surface area (TPSA) is 103 Å². The molecule has 0 saturated carbocycles. The van der Waals surface area contributed by atoms with Crippen molar-refractivity contribution >= 4 is 23.3 Å². The molecule has 0 atom stereocenters. The first-order chi connectivity index (χ1) is 15.5. The van der Waals surface area contributed by atoms with E-state index in [1.54, 1.807) is 19.9 Å². The number of amides is 1. The fourth-order valence-corrected chi connectivity index (χ4v) is 3.33. The number of carbonyl (C=O) groups is 2. The van der Waals surface area contributed by atoms with Gasteiger partial charge in [-0.25, -0.2) is 4.79 Å². The SMILES string of the molecule is Cc1cc(C(=O)OCC(=O)Nc2ccc([N+](=O)[O-])cc2C(F)(F)F)c(C)n1-c1ccccc1. The number of anilines is 1. The van der Waals surface area contributed by atoms with Crippen molar-refractivity contribution in [3.8, 4) is 5.69 Å². The third kappa shape index (κ3) is 5.20. The average molecular weight is 461 g/mol. The molecule has 172 valence electrons. The molecule has 0 aliphatic heterocycles. The van der Waals surface area contributed by atoms with E-state index in [1.807, 2.05) is 40.2 Å². The summed E-state index contributed by atoms with van der Waals surface area (Å²) in [5.74, 6) is -1.85. The molecule has 0 spiro atoms. The predicted octanol–water partition coefficient (Wildman–Crippen LogP) is 4.82. The zero-order valence-electron chi connectivity index (χ0n) is 17.5. The fourth-order valence-electron chi connectivity index (χ4n) is 3.33. The monoisotopic (exact) mass is 461 g/mol. The van der Waals surface area contributed by atoms with Gasteiger partial charge in [0.25, 0.3) is 11.6 Å². The van der Waals surface area contributed by atoms with Crippen molar-refractivity contribution in [2.45, 2.75) is 20.0 Å². The number of hydrogen-bond acceptors (Lipinski definition) is 5. The summed E-state index contributed by atoms with van der Waals surface area (Å²) in [5, 5.41) is 12.7. The number of nitro benzene ring substituents is 1. The Labute approximate surface area is 185 Å². The van der Waals surface area contributed by atoms with Crippen LogP contribution in [0, 0.1) is 24.0 Å². The molecule has 8 nitrogen and oxygen atoms in total. The zero-order valence-corrected chi connectivity index (χ0v) is 17.5. The molecule has 1 N–H and O–H groups in total. The quantitative estimate of drug-likeness (QED) is 0.322. The Kier molecular flexibility index (Phi) is 6.52. The van der Waals surface area contributed by atoms with Gasteiger partial charge in [-0.05, 0) is 38.1 Å². The molecule has 0 aliphatic rings. The molecule has 0 fully saturated rings. The van der Waals surface area contributed by atoms with Crippen LogP contribution in [-0.2, 0) is 15.7 Å². The van der Waals surface area contributed by atoms with E-state index >= 15 is 0 Å². The summed E-state index contributed by atoms with van der Waals surface area (Å²) in [6.07, 6.45) is -4.94. The van der Waals surface area contributed by atoms with Gasteiger partial charge in [0.1, 0.15) is 0 Å². The van der Waals surface area contributed by atoms with Crippen LogP contribution in [-0.4, -0.2) is 28.0 Å². The first-order valence-electron chi connectivity index (χ1n) is 9.56. The minimum atomic E-state index is -4.94. The summed E-state index contributed by atoms with van der Waals surface area (Å²) in [6, 6.07) is 12.7. The molecule has 1 heterocycles. The smallest absolute Gasteiger partial charge is 0.418 e. The first kappa shape index (κ1) is 23.5. The number of nitro groups is 1. The number of non-ortho nitro benzene ring substituents is 1. The average Bonchev–Trinajstić information content (AvgIpc) is 3.06. The van der Waals surface area contributed by atoms with Crippen LogP contribution in [0.25, 0.3) is 5.69 Å². The van der Waals surface area contributed by atoms with E-state index in [4.69, 9.17) is 4.74 Å². The zero-order chi connectivity index (χ0) is 24.3. The lowest BCUT2D eigenvalue weighted by atomic mass is 10.1. The normalized spacial score (nSPS) is 11.2. The minimum absolute atomic E-state index is 0.204. The summed E-state index contributed by atoms with van der Waals surface area (Å²) in [7, 11) is 0. The van der Waals surface area contributed by atoms with Crippen molar-refractivity contribution in [3.05, 3.63) is 87.2 Å². The fraction of sp³-hybridized carbons (Fsp3) is 0.182. The number of nitrogens with one attached hydrogen (secondary N) is 1. The van der Waals surface area contributed by atoms with Crippen molar-refractivity contribution in [1.29, 1.82) is 0 Å². The Bertz CT molecular complexity index is 1220. The van der Waals surface area contributed by atoms with Gasteiger partial charge in [-0.15, -0.1) is 0 Å². The molecule has 11 heteroatoms. The number of benzene rings is 2.